The third-order valence-corrected chi connectivity index (χ3v) is 5.02. The molecule has 1 saturated carbocycles. The summed E-state index contributed by atoms with van der Waals surface area (Å²) in [5, 5.41) is 4.64. The number of nitrogens with zero attached hydrogens (tertiary/aromatic N) is 1. The molecule has 1 heterocycles. The Morgan fingerprint density at radius 2 is 2.00 bits per heavy atom. The zero-order valence-corrected chi connectivity index (χ0v) is 13.6. The molecule has 1 aliphatic heterocycles. The van der Waals surface area contributed by atoms with Crippen LogP contribution in [-0.4, -0.2) is 16.4 Å². The molecule has 0 radical (unpaired) electrons. The zero-order valence-electron chi connectivity index (χ0n) is 11.2. The summed E-state index contributed by atoms with van der Waals surface area (Å²) >= 11 is 17.7. The fourth-order valence-corrected chi connectivity index (χ4v) is 3.75. The lowest BCUT2D eigenvalue weighted by molar-refractivity contribution is 0.237. The van der Waals surface area contributed by atoms with Gasteiger partial charge >= 0.3 is 0 Å². The summed E-state index contributed by atoms with van der Waals surface area (Å²) in [6.45, 7) is 2.29. The SMILES string of the molecule is CC1CCC2(CC1)N=C(c1ccc(Cl)cc1Cl)C(=S)N2. The second-order valence-corrected chi connectivity index (χ2v) is 7.00. The van der Waals surface area contributed by atoms with Crippen molar-refractivity contribution < 1.29 is 0 Å². The second-order valence-electron chi connectivity index (χ2n) is 5.75. The van der Waals surface area contributed by atoms with Gasteiger partial charge in [0.05, 0.1) is 5.02 Å². The maximum Gasteiger partial charge on any atom is 0.131 e. The topological polar surface area (TPSA) is 24.4 Å². The quantitative estimate of drug-likeness (QED) is 0.761. The van der Waals surface area contributed by atoms with Gasteiger partial charge in [-0.1, -0.05) is 42.3 Å². The van der Waals surface area contributed by atoms with Crippen molar-refractivity contribution in [2.75, 3.05) is 0 Å². The second kappa shape index (κ2) is 5.28. The van der Waals surface area contributed by atoms with Gasteiger partial charge in [-0.3, -0.25) is 4.99 Å². The van der Waals surface area contributed by atoms with Crippen LogP contribution >= 0.6 is 35.4 Å². The van der Waals surface area contributed by atoms with E-state index in [2.05, 4.69) is 12.2 Å². The van der Waals surface area contributed by atoms with Crippen molar-refractivity contribution >= 4 is 46.1 Å². The van der Waals surface area contributed by atoms with E-state index in [1.807, 2.05) is 12.1 Å². The van der Waals surface area contributed by atoms with Crippen LogP contribution in [0.2, 0.25) is 10.0 Å². The average Bonchev–Trinajstić information content (AvgIpc) is 2.71. The molecule has 0 bridgehead atoms. The van der Waals surface area contributed by atoms with Crippen LogP contribution in [0.4, 0.5) is 0 Å². The van der Waals surface area contributed by atoms with Gasteiger partial charge in [0.15, 0.2) is 0 Å². The number of hydrogen-bond acceptors (Lipinski definition) is 2. The molecule has 0 amide bonds. The van der Waals surface area contributed by atoms with Crippen LogP contribution in [0.5, 0.6) is 0 Å². The Kier molecular flexibility index (Phi) is 3.78. The van der Waals surface area contributed by atoms with Crippen LogP contribution in [-0.2, 0) is 0 Å². The number of benzene rings is 1. The van der Waals surface area contributed by atoms with Crippen molar-refractivity contribution in [2.45, 2.75) is 38.3 Å². The van der Waals surface area contributed by atoms with Gasteiger partial charge in [-0.15, -0.1) is 0 Å². The van der Waals surface area contributed by atoms with E-state index in [1.165, 1.54) is 12.8 Å². The highest BCUT2D eigenvalue weighted by Crippen LogP contribution is 2.36. The molecule has 0 atom stereocenters. The normalized spacial score (nSPS) is 29.4. The molecule has 0 unspecified atom stereocenters. The van der Waals surface area contributed by atoms with Crippen LogP contribution < -0.4 is 5.32 Å². The molecular formula is C15H16Cl2N2S. The highest BCUT2D eigenvalue weighted by Gasteiger charge is 2.40. The van der Waals surface area contributed by atoms with E-state index in [0.717, 1.165) is 30.0 Å². The van der Waals surface area contributed by atoms with Crippen molar-refractivity contribution in [1.82, 2.24) is 5.32 Å². The van der Waals surface area contributed by atoms with Crippen molar-refractivity contribution in [3.05, 3.63) is 33.8 Å². The molecule has 1 aromatic carbocycles. The van der Waals surface area contributed by atoms with E-state index in [9.17, 15) is 0 Å². The van der Waals surface area contributed by atoms with E-state index in [-0.39, 0.29) is 5.66 Å². The van der Waals surface area contributed by atoms with Crippen molar-refractivity contribution in [1.29, 1.82) is 0 Å². The maximum atomic E-state index is 6.27. The number of rotatable bonds is 1. The highest BCUT2D eigenvalue weighted by atomic mass is 35.5. The Balaban J connectivity index is 1.95. The lowest BCUT2D eigenvalue weighted by atomic mass is 9.83. The summed E-state index contributed by atoms with van der Waals surface area (Å²) in [6, 6.07) is 5.45. The maximum absolute atomic E-state index is 6.27. The fourth-order valence-electron chi connectivity index (χ4n) is 2.90. The van der Waals surface area contributed by atoms with E-state index in [4.69, 9.17) is 40.4 Å². The highest BCUT2D eigenvalue weighted by molar-refractivity contribution is 7.82. The molecule has 106 valence electrons. The van der Waals surface area contributed by atoms with Gasteiger partial charge < -0.3 is 5.32 Å². The number of hydrogen-bond donors (Lipinski definition) is 1. The number of halogens is 2. The molecule has 0 aromatic heterocycles. The van der Waals surface area contributed by atoms with Gasteiger partial charge in [0.25, 0.3) is 0 Å². The number of thiocarbonyl (C=S) groups is 1. The van der Waals surface area contributed by atoms with Gasteiger partial charge in [-0.05, 0) is 49.8 Å². The first-order chi connectivity index (χ1) is 9.49. The molecular weight excluding hydrogens is 311 g/mol. The Hall–Kier alpha value is -0.640. The first-order valence-electron chi connectivity index (χ1n) is 6.87. The fraction of sp³-hybridized carbons (Fsp3) is 0.467. The molecule has 20 heavy (non-hydrogen) atoms. The Bertz CT molecular complexity index is 590. The predicted molar refractivity (Wildman–Crippen MR) is 89.1 cm³/mol. The van der Waals surface area contributed by atoms with Crippen molar-refractivity contribution in [2.24, 2.45) is 10.9 Å². The van der Waals surface area contributed by atoms with Gasteiger partial charge in [0.2, 0.25) is 0 Å². The first-order valence-corrected chi connectivity index (χ1v) is 8.03. The monoisotopic (exact) mass is 326 g/mol. The predicted octanol–water partition coefficient (Wildman–Crippen LogP) is 4.62. The Morgan fingerprint density at radius 3 is 2.65 bits per heavy atom. The molecule has 1 aromatic rings. The van der Waals surface area contributed by atoms with E-state index in [1.54, 1.807) is 6.07 Å². The summed E-state index contributed by atoms with van der Waals surface area (Å²) in [5.41, 5.74) is 1.46. The minimum absolute atomic E-state index is 0.206. The standard InChI is InChI=1S/C15H16Cl2N2S/c1-9-4-6-15(7-5-9)18-13(14(20)19-15)11-3-2-10(16)8-12(11)17/h2-3,8-9H,4-7H2,1H3,(H,19,20). The molecule has 2 nitrogen and oxygen atoms in total. The molecule has 5 heteroatoms. The largest absolute Gasteiger partial charge is 0.351 e. The minimum Gasteiger partial charge on any atom is -0.351 e. The lowest BCUT2D eigenvalue weighted by Crippen LogP contribution is -2.44. The van der Waals surface area contributed by atoms with Gasteiger partial charge in [-0.2, -0.15) is 0 Å². The van der Waals surface area contributed by atoms with E-state index >= 15 is 0 Å². The third kappa shape index (κ3) is 2.59. The van der Waals surface area contributed by atoms with E-state index in [0.29, 0.717) is 15.0 Å². The molecule has 0 saturated heterocycles. The smallest absolute Gasteiger partial charge is 0.131 e. The van der Waals surface area contributed by atoms with Crippen LogP contribution in [0.1, 0.15) is 38.2 Å². The van der Waals surface area contributed by atoms with Crippen molar-refractivity contribution in [3.63, 3.8) is 0 Å². The first kappa shape index (κ1) is 14.3. The zero-order chi connectivity index (χ0) is 14.3. The minimum atomic E-state index is -0.206. The molecule has 1 fully saturated rings. The van der Waals surface area contributed by atoms with Crippen LogP contribution in [0.3, 0.4) is 0 Å². The molecule has 1 spiro atoms. The van der Waals surface area contributed by atoms with Crippen molar-refractivity contribution in [3.8, 4) is 0 Å². The summed E-state index contributed by atoms with van der Waals surface area (Å²) in [6.07, 6.45) is 4.42. The van der Waals surface area contributed by atoms with Crippen LogP contribution in [0.15, 0.2) is 23.2 Å². The Labute approximate surface area is 134 Å². The Morgan fingerprint density at radius 1 is 1.30 bits per heavy atom. The third-order valence-electron chi connectivity index (χ3n) is 4.17. The molecule has 1 N–H and O–H groups in total. The summed E-state index contributed by atoms with van der Waals surface area (Å²) in [7, 11) is 0. The average molecular weight is 327 g/mol. The van der Waals surface area contributed by atoms with Gasteiger partial charge in [0, 0.05) is 10.6 Å². The summed E-state index contributed by atoms with van der Waals surface area (Å²) < 4.78 is 0. The lowest BCUT2D eigenvalue weighted by Gasteiger charge is -2.33. The van der Waals surface area contributed by atoms with Gasteiger partial charge in [-0.25, -0.2) is 0 Å². The molecule has 1 aliphatic carbocycles. The summed E-state index contributed by atoms with van der Waals surface area (Å²) in [5.74, 6) is 0.773. The van der Waals surface area contributed by atoms with E-state index < -0.39 is 0 Å². The summed E-state index contributed by atoms with van der Waals surface area (Å²) in [4.78, 5) is 5.59. The van der Waals surface area contributed by atoms with Crippen LogP contribution in [0, 0.1) is 5.92 Å². The number of aliphatic imine (C=N–C) groups is 1. The molecule has 2 aliphatic rings. The van der Waals surface area contributed by atoms with Crippen LogP contribution in [0.25, 0.3) is 0 Å². The number of nitrogens with one attached hydrogen (secondary N) is 1. The van der Waals surface area contributed by atoms with Gasteiger partial charge in [0.1, 0.15) is 16.4 Å². The molecule has 3 rings (SSSR count).